The van der Waals surface area contributed by atoms with Gasteiger partial charge in [-0.25, -0.2) is 12.8 Å². The lowest BCUT2D eigenvalue weighted by atomic mass is 10.1. The first-order valence-corrected chi connectivity index (χ1v) is 9.60. The molecule has 1 atom stereocenters. The molecule has 1 fully saturated rings. The summed E-state index contributed by atoms with van der Waals surface area (Å²) in [5.41, 5.74) is 3.51. The lowest BCUT2D eigenvalue weighted by molar-refractivity contribution is 0.395. The van der Waals surface area contributed by atoms with Gasteiger partial charge in [0, 0.05) is 6.54 Å². The number of hydrogen-bond acceptors (Lipinski definition) is 2. The van der Waals surface area contributed by atoms with Crippen LogP contribution >= 0.6 is 0 Å². The van der Waals surface area contributed by atoms with Crippen LogP contribution in [0.25, 0.3) is 0 Å². The molecule has 0 bridgehead atoms. The monoisotopic (exact) mass is 347 g/mol. The van der Waals surface area contributed by atoms with Crippen molar-refractivity contribution < 1.29 is 12.8 Å². The fourth-order valence-corrected chi connectivity index (χ4v) is 5.39. The molecule has 1 aliphatic rings. The Balaban J connectivity index is 2.04. The van der Waals surface area contributed by atoms with Crippen molar-refractivity contribution in [3.05, 3.63) is 64.5 Å². The van der Waals surface area contributed by atoms with Crippen LogP contribution in [0, 0.1) is 26.6 Å². The molecule has 3 rings (SSSR count). The van der Waals surface area contributed by atoms with Gasteiger partial charge in [0.2, 0.25) is 10.0 Å². The van der Waals surface area contributed by atoms with Gasteiger partial charge in [0.05, 0.1) is 10.9 Å². The van der Waals surface area contributed by atoms with Crippen LogP contribution in [0.4, 0.5) is 4.39 Å². The predicted octanol–water partition coefficient (Wildman–Crippen LogP) is 4.28. The molecule has 24 heavy (non-hydrogen) atoms. The molecule has 0 radical (unpaired) electrons. The van der Waals surface area contributed by atoms with Gasteiger partial charge in [-0.05, 0) is 74.1 Å². The Hall–Kier alpha value is -1.72. The molecular weight excluding hydrogens is 325 g/mol. The van der Waals surface area contributed by atoms with Crippen molar-refractivity contribution in [2.24, 2.45) is 0 Å². The topological polar surface area (TPSA) is 37.4 Å². The molecule has 0 amide bonds. The summed E-state index contributed by atoms with van der Waals surface area (Å²) in [6.07, 6.45) is 1.50. The SMILES string of the molecule is Cc1cc(C)c(S(=O)(=O)N2CCC[C@H]2c2cccc(F)c2)cc1C. The van der Waals surface area contributed by atoms with E-state index in [0.717, 1.165) is 28.7 Å². The van der Waals surface area contributed by atoms with E-state index in [0.29, 0.717) is 17.9 Å². The number of halogens is 1. The number of aryl methyl sites for hydroxylation is 3. The van der Waals surface area contributed by atoms with E-state index in [1.807, 2.05) is 26.8 Å². The van der Waals surface area contributed by atoms with Crippen LogP contribution in [0.2, 0.25) is 0 Å². The van der Waals surface area contributed by atoms with E-state index in [4.69, 9.17) is 0 Å². The Kier molecular flexibility index (Phi) is 4.49. The third kappa shape index (κ3) is 2.98. The Labute approximate surface area is 143 Å². The molecule has 128 valence electrons. The molecule has 1 aliphatic heterocycles. The van der Waals surface area contributed by atoms with Gasteiger partial charge in [0.25, 0.3) is 0 Å². The zero-order chi connectivity index (χ0) is 17.5. The largest absolute Gasteiger partial charge is 0.243 e. The van der Waals surface area contributed by atoms with Gasteiger partial charge in [0.15, 0.2) is 0 Å². The average molecular weight is 347 g/mol. The third-order valence-electron chi connectivity index (χ3n) is 4.82. The molecule has 0 spiro atoms. The summed E-state index contributed by atoms with van der Waals surface area (Å²) in [5.74, 6) is -0.334. The summed E-state index contributed by atoms with van der Waals surface area (Å²) in [4.78, 5) is 0.355. The quantitative estimate of drug-likeness (QED) is 0.831. The fourth-order valence-electron chi connectivity index (χ4n) is 3.41. The zero-order valence-electron chi connectivity index (χ0n) is 14.2. The van der Waals surface area contributed by atoms with Gasteiger partial charge in [-0.3, -0.25) is 0 Å². The Morgan fingerprint density at radius 3 is 2.46 bits per heavy atom. The van der Waals surface area contributed by atoms with Crippen LogP contribution in [0.1, 0.15) is 41.1 Å². The van der Waals surface area contributed by atoms with Crippen molar-refractivity contribution in [1.29, 1.82) is 0 Å². The van der Waals surface area contributed by atoms with Crippen LogP contribution in [-0.4, -0.2) is 19.3 Å². The summed E-state index contributed by atoms with van der Waals surface area (Å²) >= 11 is 0. The molecule has 0 aromatic heterocycles. The van der Waals surface area contributed by atoms with Crippen LogP contribution in [0.3, 0.4) is 0 Å². The molecule has 2 aromatic rings. The van der Waals surface area contributed by atoms with E-state index in [1.54, 1.807) is 18.2 Å². The molecule has 3 nitrogen and oxygen atoms in total. The van der Waals surface area contributed by atoms with Crippen molar-refractivity contribution in [3.63, 3.8) is 0 Å². The number of hydrogen-bond donors (Lipinski definition) is 0. The minimum Gasteiger partial charge on any atom is -0.207 e. The van der Waals surface area contributed by atoms with E-state index in [1.165, 1.54) is 16.4 Å². The maximum absolute atomic E-state index is 13.6. The maximum Gasteiger partial charge on any atom is 0.243 e. The van der Waals surface area contributed by atoms with E-state index in [-0.39, 0.29) is 11.9 Å². The molecule has 5 heteroatoms. The normalized spacial score (nSPS) is 18.9. The van der Waals surface area contributed by atoms with Gasteiger partial charge >= 0.3 is 0 Å². The van der Waals surface area contributed by atoms with E-state index in [2.05, 4.69) is 0 Å². The highest BCUT2D eigenvalue weighted by Crippen LogP contribution is 2.37. The first-order chi connectivity index (χ1) is 11.3. The molecule has 0 unspecified atom stereocenters. The van der Waals surface area contributed by atoms with Crippen molar-refractivity contribution in [2.45, 2.75) is 44.6 Å². The second-order valence-electron chi connectivity index (χ2n) is 6.53. The highest BCUT2D eigenvalue weighted by Gasteiger charge is 2.37. The predicted molar refractivity (Wildman–Crippen MR) is 92.9 cm³/mol. The Bertz CT molecular complexity index is 877. The highest BCUT2D eigenvalue weighted by molar-refractivity contribution is 7.89. The molecule has 0 N–H and O–H groups in total. The van der Waals surface area contributed by atoms with Gasteiger partial charge in [-0.15, -0.1) is 0 Å². The second-order valence-corrected chi connectivity index (χ2v) is 8.39. The molecular formula is C19H22FNO2S. The van der Waals surface area contributed by atoms with E-state index in [9.17, 15) is 12.8 Å². The van der Waals surface area contributed by atoms with Crippen molar-refractivity contribution in [1.82, 2.24) is 4.31 Å². The summed E-state index contributed by atoms with van der Waals surface area (Å²) in [6, 6.07) is 9.61. The van der Waals surface area contributed by atoms with Gasteiger partial charge in [-0.1, -0.05) is 18.2 Å². The van der Waals surface area contributed by atoms with Crippen LogP contribution in [-0.2, 0) is 10.0 Å². The first-order valence-electron chi connectivity index (χ1n) is 8.16. The van der Waals surface area contributed by atoms with Crippen LogP contribution in [0.5, 0.6) is 0 Å². The number of rotatable bonds is 3. The van der Waals surface area contributed by atoms with E-state index >= 15 is 0 Å². The molecule has 0 aliphatic carbocycles. The van der Waals surface area contributed by atoms with Crippen LogP contribution < -0.4 is 0 Å². The number of nitrogens with zero attached hydrogens (tertiary/aromatic N) is 1. The van der Waals surface area contributed by atoms with Crippen LogP contribution in [0.15, 0.2) is 41.3 Å². The minimum atomic E-state index is -3.61. The van der Waals surface area contributed by atoms with Crippen molar-refractivity contribution >= 4 is 10.0 Å². The fraction of sp³-hybridized carbons (Fsp3) is 0.368. The lowest BCUT2D eigenvalue weighted by Gasteiger charge is -2.25. The zero-order valence-corrected chi connectivity index (χ0v) is 15.0. The third-order valence-corrected chi connectivity index (χ3v) is 6.87. The Morgan fingerprint density at radius 1 is 1.04 bits per heavy atom. The summed E-state index contributed by atoms with van der Waals surface area (Å²) in [6.45, 7) is 6.19. The van der Waals surface area contributed by atoms with E-state index < -0.39 is 10.0 Å². The standard InChI is InChI=1S/C19H22FNO2S/c1-13-10-15(3)19(11-14(13)2)24(22,23)21-9-5-8-18(21)16-6-4-7-17(20)12-16/h4,6-7,10-12,18H,5,8-9H2,1-3H3/t18-/m0/s1. The summed E-state index contributed by atoms with van der Waals surface area (Å²) in [7, 11) is -3.61. The smallest absolute Gasteiger partial charge is 0.207 e. The minimum absolute atomic E-state index is 0.299. The van der Waals surface area contributed by atoms with Crippen molar-refractivity contribution in [2.75, 3.05) is 6.54 Å². The Morgan fingerprint density at radius 2 is 1.75 bits per heavy atom. The highest BCUT2D eigenvalue weighted by atomic mass is 32.2. The van der Waals surface area contributed by atoms with Gasteiger partial charge in [0.1, 0.15) is 5.82 Å². The molecule has 1 heterocycles. The summed E-state index contributed by atoms with van der Waals surface area (Å²) in [5, 5.41) is 0. The lowest BCUT2D eigenvalue weighted by Crippen LogP contribution is -2.31. The van der Waals surface area contributed by atoms with Crippen molar-refractivity contribution in [3.8, 4) is 0 Å². The summed E-state index contributed by atoms with van der Waals surface area (Å²) < 4.78 is 41.5. The first kappa shape index (κ1) is 17.1. The molecule has 2 aromatic carbocycles. The molecule has 0 saturated carbocycles. The number of sulfonamides is 1. The van der Waals surface area contributed by atoms with Gasteiger partial charge in [-0.2, -0.15) is 4.31 Å². The number of benzene rings is 2. The van der Waals surface area contributed by atoms with Gasteiger partial charge < -0.3 is 0 Å². The maximum atomic E-state index is 13.6. The molecule has 1 saturated heterocycles. The second kappa shape index (κ2) is 6.30. The average Bonchev–Trinajstić information content (AvgIpc) is 3.01.